The summed E-state index contributed by atoms with van der Waals surface area (Å²) in [7, 11) is 0. The molecule has 5 rings (SSSR count). The van der Waals surface area contributed by atoms with Gasteiger partial charge in [0.25, 0.3) is 5.91 Å². The molecule has 0 radical (unpaired) electrons. The molecule has 0 spiro atoms. The van der Waals surface area contributed by atoms with Crippen molar-refractivity contribution >= 4 is 27.8 Å². The minimum Gasteiger partial charge on any atom is -0.352 e. The molecular weight excluding hydrogens is 336 g/mol. The summed E-state index contributed by atoms with van der Waals surface area (Å²) in [6, 6.07) is 17.8. The van der Waals surface area contributed by atoms with E-state index < -0.39 is 0 Å². The van der Waals surface area contributed by atoms with Crippen molar-refractivity contribution in [2.24, 2.45) is 0 Å². The van der Waals surface area contributed by atoms with Crippen LogP contribution in [0.4, 0.5) is 0 Å². The van der Waals surface area contributed by atoms with E-state index in [9.17, 15) is 4.79 Å². The zero-order valence-corrected chi connectivity index (χ0v) is 14.9. The quantitative estimate of drug-likeness (QED) is 0.568. The lowest BCUT2D eigenvalue weighted by Gasteiger charge is -2.10. The van der Waals surface area contributed by atoms with Gasteiger partial charge in [0.1, 0.15) is 5.82 Å². The molecule has 1 fully saturated rings. The highest BCUT2D eigenvalue weighted by atomic mass is 16.1. The van der Waals surface area contributed by atoms with Gasteiger partial charge in [-0.3, -0.25) is 9.78 Å². The van der Waals surface area contributed by atoms with Crippen LogP contribution in [0.25, 0.3) is 21.9 Å². The van der Waals surface area contributed by atoms with Gasteiger partial charge in [-0.25, -0.2) is 4.98 Å². The van der Waals surface area contributed by atoms with Crippen molar-refractivity contribution in [1.29, 1.82) is 0 Å². The smallest absolute Gasteiger partial charge is 0.252 e. The van der Waals surface area contributed by atoms with E-state index in [-0.39, 0.29) is 5.91 Å². The Morgan fingerprint density at radius 1 is 1.04 bits per heavy atom. The van der Waals surface area contributed by atoms with E-state index >= 15 is 0 Å². The summed E-state index contributed by atoms with van der Waals surface area (Å²) < 4.78 is 0. The lowest BCUT2D eigenvalue weighted by atomic mass is 10.1. The number of rotatable bonds is 5. The number of nitrogens with zero attached hydrogens (tertiary/aromatic N) is 2. The standard InChI is InChI=1S/C22H20N4O/c27-22(23-12-11-21-25-18-7-3-4-8-19(18)26-21)16-13-20(14-9-10-14)24-17-6-2-1-5-15(16)17/h1-8,13-14H,9-12H2,(H,23,27)(H,25,26). The number of nitrogens with one attached hydrogen (secondary N) is 2. The van der Waals surface area contributed by atoms with Crippen molar-refractivity contribution in [1.82, 2.24) is 20.3 Å². The zero-order valence-electron chi connectivity index (χ0n) is 14.9. The first kappa shape index (κ1) is 16.0. The first-order valence-corrected chi connectivity index (χ1v) is 9.39. The van der Waals surface area contributed by atoms with Crippen LogP contribution in [-0.4, -0.2) is 27.4 Å². The van der Waals surface area contributed by atoms with Crippen LogP contribution >= 0.6 is 0 Å². The maximum atomic E-state index is 12.8. The monoisotopic (exact) mass is 356 g/mol. The molecule has 27 heavy (non-hydrogen) atoms. The molecule has 0 aliphatic heterocycles. The number of amides is 1. The van der Waals surface area contributed by atoms with Gasteiger partial charge in [-0.15, -0.1) is 0 Å². The minimum absolute atomic E-state index is 0.0494. The number of hydrogen-bond acceptors (Lipinski definition) is 3. The highest BCUT2D eigenvalue weighted by Crippen LogP contribution is 2.40. The highest BCUT2D eigenvalue weighted by molar-refractivity contribution is 6.06. The molecule has 0 unspecified atom stereocenters. The summed E-state index contributed by atoms with van der Waals surface area (Å²) in [4.78, 5) is 25.4. The summed E-state index contributed by atoms with van der Waals surface area (Å²) in [5.41, 5.74) is 4.62. The molecule has 5 nitrogen and oxygen atoms in total. The van der Waals surface area contributed by atoms with Crippen LogP contribution < -0.4 is 5.32 Å². The molecule has 134 valence electrons. The number of carbonyl (C=O) groups is 1. The van der Waals surface area contributed by atoms with Crippen molar-refractivity contribution < 1.29 is 4.79 Å². The third-order valence-electron chi connectivity index (χ3n) is 5.06. The topological polar surface area (TPSA) is 70.7 Å². The maximum absolute atomic E-state index is 12.8. The van der Waals surface area contributed by atoms with E-state index in [1.54, 1.807) is 0 Å². The Bertz CT molecular complexity index is 1110. The number of pyridine rings is 1. The first-order valence-electron chi connectivity index (χ1n) is 9.39. The number of carbonyl (C=O) groups excluding carboxylic acids is 1. The highest BCUT2D eigenvalue weighted by Gasteiger charge is 2.26. The molecule has 2 aromatic heterocycles. The number of aromatic amines is 1. The van der Waals surface area contributed by atoms with Crippen LogP contribution in [0.15, 0.2) is 54.6 Å². The Hall–Kier alpha value is -3.21. The van der Waals surface area contributed by atoms with Crippen LogP contribution in [0, 0.1) is 0 Å². The Morgan fingerprint density at radius 3 is 2.63 bits per heavy atom. The van der Waals surface area contributed by atoms with Gasteiger partial charge in [0.05, 0.1) is 22.1 Å². The maximum Gasteiger partial charge on any atom is 0.252 e. The summed E-state index contributed by atoms with van der Waals surface area (Å²) in [6.45, 7) is 0.536. The fourth-order valence-electron chi connectivity index (χ4n) is 3.49. The van der Waals surface area contributed by atoms with E-state index in [4.69, 9.17) is 4.98 Å². The Labute approximate surface area is 156 Å². The van der Waals surface area contributed by atoms with Crippen LogP contribution in [0.5, 0.6) is 0 Å². The number of aromatic nitrogens is 3. The Kier molecular flexibility index (Phi) is 3.85. The van der Waals surface area contributed by atoms with E-state index in [0.717, 1.165) is 33.5 Å². The number of para-hydroxylation sites is 3. The average Bonchev–Trinajstić information content (AvgIpc) is 3.46. The van der Waals surface area contributed by atoms with Gasteiger partial charge in [-0.2, -0.15) is 0 Å². The van der Waals surface area contributed by atoms with Crippen molar-refractivity contribution in [3.63, 3.8) is 0 Å². The number of imidazole rings is 1. The SMILES string of the molecule is O=C(NCCc1nc2ccccc2[nH]1)c1cc(C2CC2)nc2ccccc12. The molecule has 0 saturated heterocycles. The molecule has 5 heteroatoms. The predicted molar refractivity (Wildman–Crippen MR) is 106 cm³/mol. The average molecular weight is 356 g/mol. The van der Waals surface area contributed by atoms with Gasteiger partial charge in [-0.1, -0.05) is 30.3 Å². The number of H-pyrrole nitrogens is 1. The van der Waals surface area contributed by atoms with E-state index in [1.165, 1.54) is 12.8 Å². The second-order valence-electron chi connectivity index (χ2n) is 7.09. The lowest BCUT2D eigenvalue weighted by Crippen LogP contribution is -2.26. The number of benzene rings is 2. The fourth-order valence-corrected chi connectivity index (χ4v) is 3.49. The first-order chi connectivity index (χ1) is 13.3. The molecule has 0 atom stereocenters. The van der Waals surface area contributed by atoms with Crippen LogP contribution in [0.1, 0.15) is 40.6 Å². The fraction of sp³-hybridized carbons (Fsp3) is 0.227. The molecule has 2 N–H and O–H groups in total. The third kappa shape index (κ3) is 3.16. The van der Waals surface area contributed by atoms with Gasteiger partial charge in [0.2, 0.25) is 0 Å². The third-order valence-corrected chi connectivity index (χ3v) is 5.06. The van der Waals surface area contributed by atoms with Crippen molar-refractivity contribution in [3.05, 3.63) is 71.7 Å². The van der Waals surface area contributed by atoms with E-state index in [0.29, 0.717) is 24.4 Å². The Balaban J connectivity index is 1.34. The summed E-state index contributed by atoms with van der Waals surface area (Å²) >= 11 is 0. The molecule has 2 heterocycles. The van der Waals surface area contributed by atoms with Gasteiger partial charge >= 0.3 is 0 Å². The normalized spacial score (nSPS) is 13.9. The van der Waals surface area contributed by atoms with Gasteiger partial charge in [0.15, 0.2) is 0 Å². The largest absolute Gasteiger partial charge is 0.352 e. The van der Waals surface area contributed by atoms with Crippen molar-refractivity contribution in [2.75, 3.05) is 6.54 Å². The molecule has 1 aliphatic carbocycles. The van der Waals surface area contributed by atoms with E-state index in [1.807, 2.05) is 54.6 Å². The number of fused-ring (bicyclic) bond motifs is 2. The summed E-state index contributed by atoms with van der Waals surface area (Å²) in [6.07, 6.45) is 3.00. The lowest BCUT2D eigenvalue weighted by molar-refractivity contribution is 0.0955. The Morgan fingerprint density at radius 2 is 1.81 bits per heavy atom. The van der Waals surface area contributed by atoms with Crippen molar-refractivity contribution in [2.45, 2.75) is 25.2 Å². The molecule has 1 saturated carbocycles. The zero-order chi connectivity index (χ0) is 18.2. The van der Waals surface area contributed by atoms with Crippen molar-refractivity contribution in [3.8, 4) is 0 Å². The second kappa shape index (κ2) is 6.50. The number of hydrogen-bond donors (Lipinski definition) is 2. The van der Waals surface area contributed by atoms with Crippen LogP contribution in [-0.2, 0) is 6.42 Å². The van der Waals surface area contributed by atoms with Gasteiger partial charge in [-0.05, 0) is 37.1 Å². The predicted octanol–water partition coefficient (Wildman–Crippen LogP) is 3.96. The molecular formula is C22H20N4O. The molecule has 1 aliphatic rings. The summed E-state index contributed by atoms with van der Waals surface area (Å²) in [5.74, 6) is 1.35. The van der Waals surface area contributed by atoms with Crippen LogP contribution in [0.2, 0.25) is 0 Å². The molecule has 0 bridgehead atoms. The van der Waals surface area contributed by atoms with E-state index in [2.05, 4.69) is 15.3 Å². The van der Waals surface area contributed by atoms with Gasteiger partial charge < -0.3 is 10.3 Å². The minimum atomic E-state index is -0.0494. The second-order valence-corrected chi connectivity index (χ2v) is 7.09. The van der Waals surface area contributed by atoms with Crippen LogP contribution in [0.3, 0.4) is 0 Å². The molecule has 1 amide bonds. The summed E-state index contributed by atoms with van der Waals surface area (Å²) in [5, 5.41) is 3.95. The van der Waals surface area contributed by atoms with Gasteiger partial charge in [0, 0.05) is 30.0 Å². The molecule has 2 aromatic carbocycles. The molecule has 4 aromatic rings.